The minimum absolute atomic E-state index is 0.0759. The lowest BCUT2D eigenvalue weighted by Gasteiger charge is -2.40. The molecule has 21 heavy (non-hydrogen) atoms. The van der Waals surface area contributed by atoms with E-state index in [1.54, 1.807) is 0 Å². The number of aliphatic hydroxyl groups excluding tert-OH is 1. The van der Waals surface area contributed by atoms with Crippen molar-refractivity contribution in [3.63, 3.8) is 0 Å². The minimum Gasteiger partial charge on any atom is -0.394 e. The molecule has 118 valence electrons. The van der Waals surface area contributed by atoms with E-state index in [4.69, 9.17) is 0 Å². The standard InChI is InChI=1S/C19H31NO/c1-4-19(2,3)16-10-12-17(13-11-16)20-18(14-21)15-8-6-5-7-9-15/h5-9,16-18,20-21H,4,10-14H2,1-3H3/t16?,17?,18-/m0/s1. The van der Waals surface area contributed by atoms with Crippen LogP contribution >= 0.6 is 0 Å². The molecular formula is C19H31NO. The Morgan fingerprint density at radius 2 is 1.76 bits per heavy atom. The molecule has 2 nitrogen and oxygen atoms in total. The van der Waals surface area contributed by atoms with Crippen molar-refractivity contribution in [1.82, 2.24) is 5.32 Å². The summed E-state index contributed by atoms with van der Waals surface area (Å²) in [5.41, 5.74) is 1.66. The lowest BCUT2D eigenvalue weighted by Crippen LogP contribution is -2.39. The van der Waals surface area contributed by atoms with Crippen LogP contribution in [-0.4, -0.2) is 17.8 Å². The summed E-state index contributed by atoms with van der Waals surface area (Å²) in [6.07, 6.45) is 6.35. The smallest absolute Gasteiger partial charge is 0.0626 e. The van der Waals surface area contributed by atoms with E-state index < -0.39 is 0 Å². The maximum Gasteiger partial charge on any atom is 0.0626 e. The predicted octanol–water partition coefficient (Wildman–Crippen LogP) is 4.30. The van der Waals surface area contributed by atoms with Gasteiger partial charge in [-0.15, -0.1) is 0 Å². The van der Waals surface area contributed by atoms with Crippen LogP contribution in [-0.2, 0) is 0 Å². The Kier molecular flexibility index (Phi) is 5.83. The van der Waals surface area contributed by atoms with E-state index in [0.717, 1.165) is 5.92 Å². The largest absolute Gasteiger partial charge is 0.394 e. The fourth-order valence-electron chi connectivity index (χ4n) is 3.55. The van der Waals surface area contributed by atoms with Crippen molar-refractivity contribution >= 4 is 0 Å². The molecule has 2 heteroatoms. The molecule has 0 radical (unpaired) electrons. The number of aliphatic hydroxyl groups is 1. The van der Waals surface area contributed by atoms with Gasteiger partial charge in [-0.1, -0.05) is 57.5 Å². The predicted molar refractivity (Wildman–Crippen MR) is 89.2 cm³/mol. The van der Waals surface area contributed by atoms with Gasteiger partial charge in [-0.2, -0.15) is 0 Å². The highest BCUT2D eigenvalue weighted by Gasteiger charge is 2.32. The molecule has 1 aliphatic carbocycles. The maximum atomic E-state index is 9.67. The zero-order valence-corrected chi connectivity index (χ0v) is 13.8. The molecule has 1 aliphatic rings. The number of nitrogens with one attached hydrogen (secondary N) is 1. The van der Waals surface area contributed by atoms with Crippen molar-refractivity contribution in [2.75, 3.05) is 6.61 Å². The number of rotatable bonds is 6. The second-order valence-electron chi connectivity index (χ2n) is 7.20. The summed E-state index contributed by atoms with van der Waals surface area (Å²) >= 11 is 0. The molecule has 2 rings (SSSR count). The third-order valence-electron chi connectivity index (χ3n) is 5.56. The molecule has 0 aromatic heterocycles. The Labute approximate surface area is 130 Å². The molecule has 0 bridgehead atoms. The Morgan fingerprint density at radius 3 is 2.29 bits per heavy atom. The summed E-state index contributed by atoms with van der Waals surface area (Å²) in [5.74, 6) is 0.852. The van der Waals surface area contributed by atoms with Gasteiger partial charge >= 0.3 is 0 Å². The van der Waals surface area contributed by atoms with E-state index in [2.05, 4.69) is 38.2 Å². The van der Waals surface area contributed by atoms with E-state index in [-0.39, 0.29) is 12.6 Å². The molecule has 1 atom stereocenters. The van der Waals surface area contributed by atoms with Crippen LogP contribution in [0.2, 0.25) is 0 Å². The van der Waals surface area contributed by atoms with E-state index in [0.29, 0.717) is 11.5 Å². The highest BCUT2D eigenvalue weighted by Crippen LogP contribution is 2.40. The number of hydrogen-bond donors (Lipinski definition) is 2. The minimum atomic E-state index is 0.0759. The summed E-state index contributed by atoms with van der Waals surface area (Å²) in [5, 5.41) is 13.3. The van der Waals surface area contributed by atoms with Crippen LogP contribution < -0.4 is 5.32 Å². The summed E-state index contributed by atoms with van der Waals surface area (Å²) in [4.78, 5) is 0. The van der Waals surface area contributed by atoms with E-state index in [1.165, 1.54) is 37.7 Å². The van der Waals surface area contributed by atoms with Crippen LogP contribution in [0, 0.1) is 11.3 Å². The topological polar surface area (TPSA) is 32.3 Å². The molecule has 1 fully saturated rings. The van der Waals surface area contributed by atoms with E-state index in [1.807, 2.05) is 18.2 Å². The van der Waals surface area contributed by atoms with Crippen molar-refractivity contribution in [2.45, 2.75) is 65.0 Å². The quantitative estimate of drug-likeness (QED) is 0.818. The van der Waals surface area contributed by atoms with E-state index in [9.17, 15) is 5.11 Å². The van der Waals surface area contributed by atoms with Gasteiger partial charge in [0, 0.05) is 6.04 Å². The van der Waals surface area contributed by atoms with Crippen molar-refractivity contribution in [3.8, 4) is 0 Å². The Hall–Kier alpha value is -0.860. The monoisotopic (exact) mass is 289 g/mol. The van der Waals surface area contributed by atoms with Gasteiger partial charge in [-0.3, -0.25) is 0 Å². The number of hydrogen-bond acceptors (Lipinski definition) is 2. The van der Waals surface area contributed by atoms with Crippen molar-refractivity contribution in [1.29, 1.82) is 0 Å². The highest BCUT2D eigenvalue weighted by molar-refractivity contribution is 5.19. The lowest BCUT2D eigenvalue weighted by molar-refractivity contribution is 0.128. The van der Waals surface area contributed by atoms with Gasteiger partial charge in [-0.05, 0) is 42.6 Å². The second kappa shape index (κ2) is 7.42. The maximum absolute atomic E-state index is 9.67. The third kappa shape index (κ3) is 4.31. The van der Waals surface area contributed by atoms with Crippen molar-refractivity contribution < 1.29 is 5.11 Å². The van der Waals surface area contributed by atoms with Gasteiger partial charge in [0.2, 0.25) is 0 Å². The molecule has 2 N–H and O–H groups in total. The molecule has 0 unspecified atom stereocenters. The van der Waals surface area contributed by atoms with Gasteiger partial charge in [0.05, 0.1) is 12.6 Å². The van der Waals surface area contributed by atoms with Crippen LogP contribution in [0.1, 0.15) is 64.5 Å². The molecule has 1 aromatic rings. The fraction of sp³-hybridized carbons (Fsp3) is 0.684. The first-order chi connectivity index (χ1) is 10.1. The van der Waals surface area contributed by atoms with Crippen LogP contribution in [0.5, 0.6) is 0 Å². The molecule has 0 amide bonds. The first-order valence-corrected chi connectivity index (χ1v) is 8.48. The average molecular weight is 289 g/mol. The van der Waals surface area contributed by atoms with Crippen LogP contribution in [0.25, 0.3) is 0 Å². The van der Waals surface area contributed by atoms with Crippen molar-refractivity contribution in [2.24, 2.45) is 11.3 Å². The van der Waals surface area contributed by atoms with Gasteiger partial charge in [-0.25, -0.2) is 0 Å². The summed E-state index contributed by atoms with van der Waals surface area (Å²) in [6, 6.07) is 10.9. The molecule has 0 saturated heterocycles. The molecule has 1 saturated carbocycles. The molecule has 0 spiro atoms. The average Bonchev–Trinajstić information content (AvgIpc) is 2.54. The summed E-state index contributed by atoms with van der Waals surface area (Å²) < 4.78 is 0. The van der Waals surface area contributed by atoms with Gasteiger partial charge in [0.1, 0.15) is 0 Å². The fourth-order valence-corrected chi connectivity index (χ4v) is 3.55. The molecular weight excluding hydrogens is 258 g/mol. The number of benzene rings is 1. The van der Waals surface area contributed by atoms with Gasteiger partial charge in [0.25, 0.3) is 0 Å². The molecule has 1 aromatic carbocycles. The lowest BCUT2D eigenvalue weighted by atomic mass is 9.69. The van der Waals surface area contributed by atoms with Gasteiger partial charge in [0.15, 0.2) is 0 Å². The van der Waals surface area contributed by atoms with Crippen LogP contribution in [0.4, 0.5) is 0 Å². The summed E-state index contributed by atoms with van der Waals surface area (Å²) in [6.45, 7) is 7.30. The Bertz CT molecular complexity index is 407. The third-order valence-corrected chi connectivity index (χ3v) is 5.56. The zero-order chi connectivity index (χ0) is 15.3. The SMILES string of the molecule is CCC(C)(C)C1CCC(N[C@@H](CO)c2ccccc2)CC1. The van der Waals surface area contributed by atoms with Crippen LogP contribution in [0.15, 0.2) is 30.3 Å². The first-order valence-electron chi connectivity index (χ1n) is 8.48. The van der Waals surface area contributed by atoms with E-state index >= 15 is 0 Å². The first kappa shape index (κ1) is 16.5. The Balaban J connectivity index is 1.88. The van der Waals surface area contributed by atoms with Gasteiger partial charge < -0.3 is 10.4 Å². The molecule has 0 heterocycles. The van der Waals surface area contributed by atoms with Crippen LogP contribution in [0.3, 0.4) is 0 Å². The summed E-state index contributed by atoms with van der Waals surface area (Å²) in [7, 11) is 0. The molecule has 0 aliphatic heterocycles. The second-order valence-corrected chi connectivity index (χ2v) is 7.20. The van der Waals surface area contributed by atoms with Crippen molar-refractivity contribution in [3.05, 3.63) is 35.9 Å². The highest BCUT2D eigenvalue weighted by atomic mass is 16.3. The zero-order valence-electron chi connectivity index (χ0n) is 13.8. The normalized spacial score (nSPS) is 24.8. The Morgan fingerprint density at radius 1 is 1.14 bits per heavy atom.